The van der Waals surface area contributed by atoms with Gasteiger partial charge in [0.2, 0.25) is 5.91 Å². The number of amides is 2. The number of sulfone groups is 1. The molecule has 1 aromatic heterocycles. The molecule has 2 rings (SSSR count). The third kappa shape index (κ3) is 5.90. The number of benzene rings is 1. The highest BCUT2D eigenvalue weighted by Crippen LogP contribution is 2.11. The van der Waals surface area contributed by atoms with Crippen LogP contribution >= 0.6 is 0 Å². The van der Waals surface area contributed by atoms with E-state index in [2.05, 4.69) is 15.6 Å². The summed E-state index contributed by atoms with van der Waals surface area (Å²) in [7, 11) is -3.96. The van der Waals surface area contributed by atoms with Gasteiger partial charge in [0.1, 0.15) is 6.54 Å². The van der Waals surface area contributed by atoms with Crippen molar-refractivity contribution in [1.82, 2.24) is 15.6 Å². The van der Waals surface area contributed by atoms with Crippen molar-refractivity contribution in [2.45, 2.75) is 11.0 Å². The Labute approximate surface area is 157 Å². The lowest BCUT2D eigenvalue weighted by Crippen LogP contribution is -2.47. The Morgan fingerprint density at radius 1 is 1.11 bits per heavy atom. The predicted molar refractivity (Wildman–Crippen MR) is 98.0 cm³/mol. The molecule has 1 heterocycles. The summed E-state index contributed by atoms with van der Waals surface area (Å²) in [4.78, 5) is 28.3. The fourth-order valence-electron chi connectivity index (χ4n) is 2.32. The Kier molecular flexibility index (Phi) is 7.02. The number of pyridine rings is 1. The second-order valence-corrected chi connectivity index (χ2v) is 7.79. The topological polar surface area (TPSA) is 129 Å². The zero-order valence-electron chi connectivity index (χ0n) is 14.3. The third-order valence-electron chi connectivity index (χ3n) is 3.64. The molecular formula is C18H18N4O4S. The molecule has 0 fully saturated rings. The van der Waals surface area contributed by atoms with E-state index in [4.69, 9.17) is 5.26 Å². The Balaban J connectivity index is 2.16. The maximum Gasteiger partial charge on any atom is 0.251 e. The average Bonchev–Trinajstić information content (AvgIpc) is 2.67. The highest BCUT2D eigenvalue weighted by atomic mass is 32.2. The van der Waals surface area contributed by atoms with Crippen LogP contribution in [0.5, 0.6) is 0 Å². The van der Waals surface area contributed by atoms with E-state index < -0.39 is 39.2 Å². The van der Waals surface area contributed by atoms with Crippen LogP contribution in [0.2, 0.25) is 0 Å². The molecule has 0 saturated carbocycles. The molecule has 0 aliphatic rings. The number of nitriles is 1. The molecule has 1 atom stereocenters. The van der Waals surface area contributed by atoms with Crippen molar-refractivity contribution in [1.29, 1.82) is 5.26 Å². The Morgan fingerprint density at radius 2 is 1.85 bits per heavy atom. The molecular weight excluding hydrogens is 368 g/mol. The summed E-state index contributed by atoms with van der Waals surface area (Å²) < 4.78 is 25.5. The molecule has 140 valence electrons. The first kappa shape index (κ1) is 20.1. The fourth-order valence-corrected chi connectivity index (χ4v) is 3.90. The quantitative estimate of drug-likeness (QED) is 0.633. The number of carbonyl (C=O) groups excluding carboxylic acids is 2. The van der Waals surface area contributed by atoms with Gasteiger partial charge in [-0.2, -0.15) is 5.26 Å². The highest BCUT2D eigenvalue weighted by Gasteiger charge is 2.33. The van der Waals surface area contributed by atoms with E-state index in [9.17, 15) is 18.0 Å². The van der Waals surface area contributed by atoms with Crippen molar-refractivity contribution in [2.24, 2.45) is 0 Å². The summed E-state index contributed by atoms with van der Waals surface area (Å²) in [5.41, 5.74) is 0.767. The van der Waals surface area contributed by atoms with Crippen molar-refractivity contribution >= 4 is 21.7 Å². The summed E-state index contributed by atoms with van der Waals surface area (Å²) >= 11 is 0. The zero-order chi connectivity index (χ0) is 19.7. The van der Waals surface area contributed by atoms with E-state index >= 15 is 0 Å². The van der Waals surface area contributed by atoms with Gasteiger partial charge in [0.25, 0.3) is 5.91 Å². The van der Waals surface area contributed by atoms with Gasteiger partial charge in [-0.1, -0.05) is 24.3 Å². The van der Waals surface area contributed by atoms with Crippen LogP contribution in [0.4, 0.5) is 0 Å². The smallest absolute Gasteiger partial charge is 0.251 e. The van der Waals surface area contributed by atoms with E-state index in [-0.39, 0.29) is 6.54 Å². The molecule has 0 saturated heterocycles. The van der Waals surface area contributed by atoms with E-state index in [1.165, 1.54) is 12.4 Å². The lowest BCUT2D eigenvalue weighted by Gasteiger charge is -2.17. The predicted octanol–water partition coefficient (Wildman–Crippen LogP) is 0.435. The van der Waals surface area contributed by atoms with Gasteiger partial charge in [-0.05, 0) is 23.8 Å². The first-order valence-electron chi connectivity index (χ1n) is 8.02. The lowest BCUT2D eigenvalue weighted by atomic mass is 10.2. The molecule has 0 bridgehead atoms. The monoisotopic (exact) mass is 386 g/mol. The molecule has 0 aliphatic carbocycles. The number of hydrogen-bond donors (Lipinski definition) is 2. The zero-order valence-corrected chi connectivity index (χ0v) is 15.1. The van der Waals surface area contributed by atoms with Gasteiger partial charge in [0.05, 0.1) is 11.8 Å². The molecule has 27 heavy (non-hydrogen) atoms. The fraction of sp³-hybridized carbons (Fsp3) is 0.222. The first-order valence-corrected chi connectivity index (χ1v) is 9.74. The normalized spacial score (nSPS) is 11.8. The second kappa shape index (κ2) is 9.45. The van der Waals surface area contributed by atoms with Crippen LogP contribution in [0, 0.1) is 11.3 Å². The number of nitrogens with one attached hydrogen (secondary N) is 2. The van der Waals surface area contributed by atoms with Crippen LogP contribution in [0.3, 0.4) is 0 Å². The van der Waals surface area contributed by atoms with E-state index in [0.717, 1.165) is 0 Å². The number of rotatable bonds is 8. The molecule has 2 N–H and O–H groups in total. The number of carbonyl (C=O) groups is 2. The summed E-state index contributed by atoms with van der Waals surface area (Å²) in [6.45, 7) is -0.738. The summed E-state index contributed by atoms with van der Waals surface area (Å²) in [5, 5.41) is 11.8. The van der Waals surface area contributed by atoms with Gasteiger partial charge >= 0.3 is 0 Å². The summed E-state index contributed by atoms with van der Waals surface area (Å²) in [5.74, 6) is -1.74. The minimum absolute atomic E-state index is 0.329. The van der Waals surface area contributed by atoms with Crippen LogP contribution in [0.1, 0.15) is 15.9 Å². The summed E-state index contributed by atoms with van der Waals surface area (Å²) in [6, 6.07) is 13.1. The van der Waals surface area contributed by atoms with Crippen LogP contribution in [0.25, 0.3) is 0 Å². The minimum atomic E-state index is -3.96. The van der Waals surface area contributed by atoms with Crippen LogP contribution in [-0.4, -0.2) is 43.6 Å². The molecule has 1 aromatic carbocycles. The van der Waals surface area contributed by atoms with Crippen molar-refractivity contribution in [2.75, 3.05) is 13.1 Å². The molecule has 0 radical (unpaired) electrons. The first-order chi connectivity index (χ1) is 12.9. The van der Waals surface area contributed by atoms with Crippen LogP contribution < -0.4 is 10.6 Å². The number of hydrogen-bond acceptors (Lipinski definition) is 6. The largest absolute Gasteiger partial charge is 0.350 e. The average molecular weight is 386 g/mol. The third-order valence-corrected chi connectivity index (χ3v) is 5.63. The SMILES string of the molecule is N#CCNC(=O)C(CNC(=O)c1ccccc1)S(=O)(=O)Cc1cccnc1. The number of nitrogens with zero attached hydrogens (tertiary/aromatic N) is 2. The molecule has 0 spiro atoms. The van der Waals surface area contributed by atoms with Gasteiger partial charge < -0.3 is 10.6 Å². The van der Waals surface area contributed by atoms with Crippen molar-refractivity contribution in [3.8, 4) is 6.07 Å². The van der Waals surface area contributed by atoms with Crippen LogP contribution in [0.15, 0.2) is 54.9 Å². The maximum absolute atomic E-state index is 12.7. The second-order valence-electron chi connectivity index (χ2n) is 5.61. The molecule has 9 heteroatoms. The molecule has 8 nitrogen and oxygen atoms in total. The van der Waals surface area contributed by atoms with E-state index in [0.29, 0.717) is 11.1 Å². The standard InChI is InChI=1S/C18H18N4O4S/c19-8-10-21-18(24)16(12-22-17(23)15-6-2-1-3-7-15)27(25,26)13-14-5-4-9-20-11-14/h1-7,9,11,16H,10,12-13H2,(H,21,24)(H,22,23). The molecule has 1 unspecified atom stereocenters. The van der Waals surface area contributed by atoms with Crippen LogP contribution in [-0.2, 0) is 20.4 Å². The van der Waals surface area contributed by atoms with E-state index in [1.54, 1.807) is 48.5 Å². The van der Waals surface area contributed by atoms with Crippen molar-refractivity contribution in [3.63, 3.8) is 0 Å². The highest BCUT2D eigenvalue weighted by molar-refractivity contribution is 7.92. The lowest BCUT2D eigenvalue weighted by molar-refractivity contribution is -0.120. The number of aromatic nitrogens is 1. The van der Waals surface area contributed by atoms with Gasteiger partial charge in [-0.3, -0.25) is 14.6 Å². The van der Waals surface area contributed by atoms with Crippen molar-refractivity contribution in [3.05, 3.63) is 66.0 Å². The minimum Gasteiger partial charge on any atom is -0.350 e. The Hall–Kier alpha value is -3.25. The molecule has 2 amide bonds. The van der Waals surface area contributed by atoms with Gasteiger partial charge in [-0.15, -0.1) is 0 Å². The van der Waals surface area contributed by atoms with Gasteiger partial charge in [0, 0.05) is 24.5 Å². The summed E-state index contributed by atoms with van der Waals surface area (Å²) in [6.07, 6.45) is 2.90. The van der Waals surface area contributed by atoms with Gasteiger partial charge in [-0.25, -0.2) is 8.42 Å². The Morgan fingerprint density at radius 3 is 2.48 bits per heavy atom. The van der Waals surface area contributed by atoms with E-state index in [1.807, 2.05) is 0 Å². The maximum atomic E-state index is 12.7. The Bertz CT molecular complexity index is 925. The molecule has 2 aromatic rings. The van der Waals surface area contributed by atoms with Gasteiger partial charge in [0.15, 0.2) is 15.1 Å². The van der Waals surface area contributed by atoms with Crippen molar-refractivity contribution < 1.29 is 18.0 Å². The molecule has 0 aliphatic heterocycles.